The van der Waals surface area contributed by atoms with Gasteiger partial charge in [0.05, 0.1) is 21.3 Å². The van der Waals surface area contributed by atoms with Crippen molar-refractivity contribution >= 4 is 22.6 Å². The summed E-state index contributed by atoms with van der Waals surface area (Å²) < 4.78 is 20.8. The maximum absolute atomic E-state index is 12.5. The quantitative estimate of drug-likeness (QED) is 0.515. The minimum absolute atomic E-state index is 0.197. The molecule has 0 heterocycles. The first kappa shape index (κ1) is 22.0. The Morgan fingerprint density at radius 2 is 1.45 bits per heavy atom. The van der Waals surface area contributed by atoms with E-state index in [-0.39, 0.29) is 18.1 Å². The molecule has 0 bridgehead atoms. The van der Waals surface area contributed by atoms with Crippen molar-refractivity contribution in [3.05, 3.63) is 65.7 Å². The first-order valence-electron chi connectivity index (χ1n) is 9.65. The fraction of sp³-hybridized carbons (Fsp3) is 0.250. The largest absolute Gasteiger partial charge is 0.497 e. The molecule has 31 heavy (non-hydrogen) atoms. The van der Waals surface area contributed by atoms with Gasteiger partial charge in [0.15, 0.2) is 6.61 Å². The third-order valence-electron chi connectivity index (χ3n) is 4.91. The predicted molar refractivity (Wildman–Crippen MR) is 117 cm³/mol. The lowest BCUT2D eigenvalue weighted by Gasteiger charge is -2.18. The Kier molecular flexibility index (Phi) is 6.97. The number of rotatable bonds is 8. The van der Waals surface area contributed by atoms with Crippen LogP contribution in [0.15, 0.2) is 54.6 Å². The van der Waals surface area contributed by atoms with Crippen molar-refractivity contribution in [1.82, 2.24) is 4.90 Å². The van der Waals surface area contributed by atoms with Gasteiger partial charge in [-0.2, -0.15) is 0 Å². The first-order chi connectivity index (χ1) is 14.9. The van der Waals surface area contributed by atoms with Crippen molar-refractivity contribution in [2.75, 3.05) is 35.0 Å². The number of hydrogen-bond donors (Lipinski definition) is 0. The minimum Gasteiger partial charge on any atom is -0.497 e. The van der Waals surface area contributed by atoms with Crippen molar-refractivity contribution in [2.45, 2.75) is 6.54 Å². The zero-order valence-corrected chi connectivity index (χ0v) is 18.0. The van der Waals surface area contributed by atoms with E-state index in [2.05, 4.69) is 0 Å². The molecule has 1 amide bonds. The second kappa shape index (κ2) is 9.84. The highest BCUT2D eigenvalue weighted by atomic mass is 16.5. The van der Waals surface area contributed by atoms with Crippen LogP contribution in [0.1, 0.15) is 15.9 Å². The van der Waals surface area contributed by atoms with Gasteiger partial charge >= 0.3 is 5.97 Å². The summed E-state index contributed by atoms with van der Waals surface area (Å²) in [6.45, 7) is 0.0152. The van der Waals surface area contributed by atoms with Crippen LogP contribution in [0.4, 0.5) is 0 Å². The maximum atomic E-state index is 12.5. The Hall–Kier alpha value is -3.74. The second-order valence-corrected chi connectivity index (χ2v) is 6.94. The van der Waals surface area contributed by atoms with Gasteiger partial charge < -0.3 is 23.8 Å². The molecule has 0 N–H and O–H groups in total. The van der Waals surface area contributed by atoms with E-state index in [9.17, 15) is 9.59 Å². The SMILES string of the molecule is COc1ccc(OC)c(C(=O)OCC(=O)N(C)Cc2ccc3cc(OC)ccc3c2)c1. The molecule has 0 aliphatic rings. The Balaban J connectivity index is 1.62. The average Bonchev–Trinajstić information content (AvgIpc) is 2.81. The van der Waals surface area contributed by atoms with Crippen LogP contribution in [0.25, 0.3) is 10.8 Å². The zero-order chi connectivity index (χ0) is 22.4. The van der Waals surface area contributed by atoms with E-state index in [4.69, 9.17) is 18.9 Å². The van der Waals surface area contributed by atoms with Gasteiger partial charge in [-0.25, -0.2) is 4.79 Å². The van der Waals surface area contributed by atoms with E-state index >= 15 is 0 Å². The number of fused-ring (bicyclic) bond motifs is 1. The van der Waals surface area contributed by atoms with E-state index in [0.717, 1.165) is 22.1 Å². The highest BCUT2D eigenvalue weighted by Crippen LogP contribution is 2.25. The monoisotopic (exact) mass is 423 g/mol. The Labute approximate surface area is 181 Å². The molecule has 0 aromatic heterocycles. The molecule has 0 saturated heterocycles. The van der Waals surface area contributed by atoms with Gasteiger partial charge in [0.25, 0.3) is 5.91 Å². The fourth-order valence-electron chi connectivity index (χ4n) is 3.15. The smallest absolute Gasteiger partial charge is 0.342 e. The van der Waals surface area contributed by atoms with Gasteiger partial charge in [-0.15, -0.1) is 0 Å². The topological polar surface area (TPSA) is 74.3 Å². The molecule has 0 aliphatic heterocycles. The van der Waals surface area contributed by atoms with Crippen LogP contribution in [0.3, 0.4) is 0 Å². The van der Waals surface area contributed by atoms with Crippen LogP contribution < -0.4 is 14.2 Å². The molecule has 7 nitrogen and oxygen atoms in total. The summed E-state index contributed by atoms with van der Waals surface area (Å²) in [5, 5.41) is 2.11. The average molecular weight is 423 g/mol. The Morgan fingerprint density at radius 3 is 2.16 bits per heavy atom. The fourth-order valence-corrected chi connectivity index (χ4v) is 3.15. The molecule has 0 unspecified atom stereocenters. The molecular formula is C24H25NO6. The lowest BCUT2D eigenvalue weighted by atomic mass is 10.1. The Bertz CT molecular complexity index is 1090. The number of likely N-dealkylation sites (N-methyl/N-ethyl adjacent to an activating group) is 1. The number of methoxy groups -OCH3 is 3. The zero-order valence-electron chi connectivity index (χ0n) is 18.0. The van der Waals surface area contributed by atoms with Crippen LogP contribution in [0.2, 0.25) is 0 Å². The van der Waals surface area contributed by atoms with Crippen LogP contribution in [-0.4, -0.2) is 51.8 Å². The lowest BCUT2D eigenvalue weighted by Crippen LogP contribution is -2.30. The minimum atomic E-state index is -0.655. The summed E-state index contributed by atoms with van der Waals surface area (Å²) in [7, 11) is 6.25. The van der Waals surface area contributed by atoms with Crippen molar-refractivity contribution in [2.24, 2.45) is 0 Å². The number of hydrogen-bond acceptors (Lipinski definition) is 6. The molecular weight excluding hydrogens is 398 g/mol. The lowest BCUT2D eigenvalue weighted by molar-refractivity contribution is -0.133. The summed E-state index contributed by atoms with van der Waals surface area (Å²) in [4.78, 5) is 26.4. The van der Waals surface area contributed by atoms with E-state index in [1.54, 1.807) is 26.3 Å². The molecule has 0 fully saturated rings. The molecule has 0 aliphatic carbocycles. The van der Waals surface area contributed by atoms with E-state index in [1.807, 2.05) is 36.4 Å². The number of nitrogens with zero attached hydrogens (tertiary/aromatic N) is 1. The van der Waals surface area contributed by atoms with Gasteiger partial charge in [-0.05, 0) is 52.7 Å². The number of carbonyl (C=O) groups excluding carboxylic acids is 2. The van der Waals surface area contributed by atoms with Crippen molar-refractivity contribution in [3.63, 3.8) is 0 Å². The molecule has 162 valence electrons. The molecule has 3 aromatic carbocycles. The van der Waals surface area contributed by atoms with Gasteiger partial charge in [-0.3, -0.25) is 4.79 Å². The number of carbonyl (C=O) groups is 2. The first-order valence-corrected chi connectivity index (χ1v) is 9.65. The standard InChI is InChI=1S/C24H25NO6/c1-25(14-16-5-6-18-12-19(28-2)8-7-17(18)11-16)23(26)15-31-24(27)21-13-20(29-3)9-10-22(21)30-4/h5-13H,14-15H2,1-4H3. The highest BCUT2D eigenvalue weighted by Gasteiger charge is 2.18. The third-order valence-corrected chi connectivity index (χ3v) is 4.91. The third kappa shape index (κ3) is 5.25. The summed E-state index contributed by atoms with van der Waals surface area (Å²) in [5.41, 5.74) is 1.16. The van der Waals surface area contributed by atoms with Crippen LogP contribution in [0, 0.1) is 0 Å². The van der Waals surface area contributed by atoms with Crippen LogP contribution in [-0.2, 0) is 16.1 Å². The Morgan fingerprint density at radius 1 is 0.806 bits per heavy atom. The summed E-state index contributed by atoms with van der Waals surface area (Å²) in [6, 6.07) is 16.6. The van der Waals surface area contributed by atoms with E-state index in [1.165, 1.54) is 25.2 Å². The number of ether oxygens (including phenoxy) is 4. The summed E-state index contributed by atoms with van der Waals surface area (Å²) in [5.74, 6) is 0.661. The van der Waals surface area contributed by atoms with Crippen molar-refractivity contribution in [1.29, 1.82) is 0 Å². The van der Waals surface area contributed by atoms with Gasteiger partial charge in [0, 0.05) is 13.6 Å². The highest BCUT2D eigenvalue weighted by molar-refractivity contribution is 5.94. The van der Waals surface area contributed by atoms with Crippen LogP contribution in [0.5, 0.6) is 17.2 Å². The maximum Gasteiger partial charge on any atom is 0.342 e. The van der Waals surface area contributed by atoms with Gasteiger partial charge in [0.2, 0.25) is 0 Å². The van der Waals surface area contributed by atoms with Crippen molar-refractivity contribution < 1.29 is 28.5 Å². The molecule has 0 spiro atoms. The molecule has 0 saturated carbocycles. The number of amides is 1. The van der Waals surface area contributed by atoms with Gasteiger partial charge in [0.1, 0.15) is 22.8 Å². The molecule has 0 radical (unpaired) electrons. The summed E-state index contributed by atoms with van der Waals surface area (Å²) in [6.07, 6.45) is 0. The molecule has 3 rings (SSSR count). The van der Waals surface area contributed by atoms with Crippen LogP contribution >= 0.6 is 0 Å². The normalized spacial score (nSPS) is 10.5. The van der Waals surface area contributed by atoms with E-state index in [0.29, 0.717) is 18.0 Å². The number of esters is 1. The summed E-state index contributed by atoms with van der Waals surface area (Å²) >= 11 is 0. The molecule has 3 aromatic rings. The molecule has 0 atom stereocenters. The molecule has 7 heteroatoms. The van der Waals surface area contributed by atoms with Crippen molar-refractivity contribution in [3.8, 4) is 17.2 Å². The predicted octanol–water partition coefficient (Wildman–Crippen LogP) is 3.68. The van der Waals surface area contributed by atoms with Gasteiger partial charge in [-0.1, -0.05) is 18.2 Å². The van der Waals surface area contributed by atoms with E-state index < -0.39 is 5.97 Å². The second-order valence-electron chi connectivity index (χ2n) is 6.94. The number of benzene rings is 3.